The minimum atomic E-state index is -0.834. The molecule has 6 nitrogen and oxygen atoms in total. The molecule has 1 fully saturated rings. The third kappa shape index (κ3) is 3.81. The normalized spacial score (nSPS) is 19.4. The molecule has 2 rings (SSSR count). The van der Waals surface area contributed by atoms with Crippen molar-refractivity contribution < 1.29 is 14.7 Å². The molecule has 0 radical (unpaired) electrons. The van der Waals surface area contributed by atoms with Gasteiger partial charge in [-0.25, -0.2) is 4.98 Å². The zero-order valence-electron chi connectivity index (χ0n) is 10.9. The Morgan fingerprint density at radius 2 is 2.21 bits per heavy atom. The fraction of sp³-hybridized carbons (Fsp3) is 0.615. The second-order valence-electron chi connectivity index (χ2n) is 4.89. The Kier molecular flexibility index (Phi) is 4.54. The van der Waals surface area contributed by atoms with Gasteiger partial charge in [-0.05, 0) is 19.3 Å². The molecule has 6 heteroatoms. The van der Waals surface area contributed by atoms with Crippen LogP contribution in [0.4, 0.5) is 0 Å². The minimum Gasteiger partial charge on any atom is -0.481 e. The highest BCUT2D eigenvalue weighted by atomic mass is 16.4. The van der Waals surface area contributed by atoms with Crippen LogP contribution in [0.15, 0.2) is 18.7 Å². The van der Waals surface area contributed by atoms with Crippen LogP contribution in [0.3, 0.4) is 0 Å². The van der Waals surface area contributed by atoms with Crippen molar-refractivity contribution in [2.45, 2.75) is 44.7 Å². The first-order chi connectivity index (χ1) is 9.16. The number of hydrogen-bond acceptors (Lipinski definition) is 3. The first-order valence-corrected chi connectivity index (χ1v) is 6.64. The van der Waals surface area contributed by atoms with E-state index in [0.29, 0.717) is 19.5 Å². The number of aryl methyl sites for hydroxylation is 1. The minimum absolute atomic E-state index is 0.0413. The predicted octanol–water partition coefficient (Wildman–Crippen LogP) is 1.13. The highest BCUT2D eigenvalue weighted by Gasteiger charge is 2.27. The number of carboxylic acid groups (broad SMARTS) is 1. The molecule has 0 spiro atoms. The number of piperidine rings is 1. The summed E-state index contributed by atoms with van der Waals surface area (Å²) in [5.74, 6) is -0.793. The Balaban J connectivity index is 1.89. The van der Waals surface area contributed by atoms with Crippen molar-refractivity contribution in [3.05, 3.63) is 18.7 Å². The first kappa shape index (κ1) is 13.6. The summed E-state index contributed by atoms with van der Waals surface area (Å²) in [5, 5.41) is 8.90. The molecule has 0 saturated carbocycles. The van der Waals surface area contributed by atoms with Gasteiger partial charge >= 0.3 is 5.97 Å². The lowest BCUT2D eigenvalue weighted by molar-refractivity contribution is -0.142. The number of carbonyl (C=O) groups is 2. The molecule has 0 aromatic carbocycles. The zero-order chi connectivity index (χ0) is 13.7. The van der Waals surface area contributed by atoms with Crippen molar-refractivity contribution in [1.82, 2.24) is 14.5 Å². The molecule has 0 aliphatic carbocycles. The summed E-state index contributed by atoms with van der Waals surface area (Å²) in [6.07, 6.45) is 8.39. The largest absolute Gasteiger partial charge is 0.481 e. The number of amides is 1. The summed E-state index contributed by atoms with van der Waals surface area (Å²) in [7, 11) is 0. The molecule has 1 unspecified atom stereocenters. The lowest BCUT2D eigenvalue weighted by Crippen LogP contribution is -2.45. The second-order valence-corrected chi connectivity index (χ2v) is 4.89. The lowest BCUT2D eigenvalue weighted by atomic mass is 9.99. The fourth-order valence-electron chi connectivity index (χ4n) is 2.53. The van der Waals surface area contributed by atoms with E-state index in [-0.39, 0.29) is 18.4 Å². The third-order valence-electron chi connectivity index (χ3n) is 3.50. The maximum Gasteiger partial charge on any atom is 0.305 e. The molecule has 1 amide bonds. The van der Waals surface area contributed by atoms with E-state index in [1.807, 2.05) is 10.8 Å². The monoisotopic (exact) mass is 265 g/mol. The maximum absolute atomic E-state index is 12.2. The van der Waals surface area contributed by atoms with Gasteiger partial charge in [0.25, 0.3) is 0 Å². The summed E-state index contributed by atoms with van der Waals surface area (Å²) < 4.78 is 1.86. The SMILES string of the molecule is O=C(O)CC1CCCCN1C(=O)CCn1ccnc1. The van der Waals surface area contributed by atoms with Gasteiger partial charge in [-0.1, -0.05) is 0 Å². The average Bonchev–Trinajstić information content (AvgIpc) is 2.89. The molecular weight excluding hydrogens is 246 g/mol. The Hall–Kier alpha value is -1.85. The van der Waals surface area contributed by atoms with Crippen LogP contribution in [0.25, 0.3) is 0 Å². The topological polar surface area (TPSA) is 75.4 Å². The molecule has 19 heavy (non-hydrogen) atoms. The van der Waals surface area contributed by atoms with Crippen LogP contribution in [-0.2, 0) is 16.1 Å². The second kappa shape index (κ2) is 6.36. The summed E-state index contributed by atoms with van der Waals surface area (Å²) in [6.45, 7) is 1.27. The molecular formula is C13H19N3O3. The smallest absolute Gasteiger partial charge is 0.305 e. The maximum atomic E-state index is 12.2. The van der Waals surface area contributed by atoms with E-state index in [1.165, 1.54) is 0 Å². The molecule has 1 N–H and O–H groups in total. The van der Waals surface area contributed by atoms with E-state index < -0.39 is 5.97 Å². The standard InChI is InChI=1S/C13H19N3O3/c17-12(4-7-15-8-5-14-10-15)16-6-2-1-3-11(16)9-13(18)19/h5,8,10-11H,1-4,6-7,9H2,(H,18,19). The zero-order valence-corrected chi connectivity index (χ0v) is 10.9. The molecule has 1 saturated heterocycles. The molecule has 1 aromatic rings. The van der Waals surface area contributed by atoms with Crippen LogP contribution in [0, 0.1) is 0 Å². The lowest BCUT2D eigenvalue weighted by Gasteiger charge is -2.35. The van der Waals surface area contributed by atoms with Crippen LogP contribution in [0.5, 0.6) is 0 Å². The Labute approximate surface area is 112 Å². The molecule has 1 atom stereocenters. The molecule has 1 aliphatic rings. The number of rotatable bonds is 5. The number of hydrogen-bond donors (Lipinski definition) is 1. The van der Waals surface area contributed by atoms with Gasteiger partial charge < -0.3 is 14.6 Å². The quantitative estimate of drug-likeness (QED) is 0.866. The van der Waals surface area contributed by atoms with Crippen molar-refractivity contribution in [3.8, 4) is 0 Å². The van der Waals surface area contributed by atoms with Gasteiger partial charge in [0, 0.05) is 37.9 Å². The van der Waals surface area contributed by atoms with Crippen LogP contribution in [0.1, 0.15) is 32.1 Å². The molecule has 1 aromatic heterocycles. The number of likely N-dealkylation sites (tertiary alicyclic amines) is 1. The van der Waals surface area contributed by atoms with Crippen LogP contribution >= 0.6 is 0 Å². The number of aliphatic carboxylic acids is 1. The summed E-state index contributed by atoms with van der Waals surface area (Å²) in [6, 6.07) is -0.137. The molecule has 1 aliphatic heterocycles. The van der Waals surface area contributed by atoms with E-state index >= 15 is 0 Å². The van der Waals surface area contributed by atoms with E-state index in [1.54, 1.807) is 17.4 Å². The van der Waals surface area contributed by atoms with Crippen LogP contribution < -0.4 is 0 Å². The van der Waals surface area contributed by atoms with Crippen molar-refractivity contribution in [1.29, 1.82) is 0 Å². The van der Waals surface area contributed by atoms with Gasteiger partial charge in [-0.2, -0.15) is 0 Å². The highest BCUT2D eigenvalue weighted by Crippen LogP contribution is 2.20. The van der Waals surface area contributed by atoms with Crippen LogP contribution in [0.2, 0.25) is 0 Å². The predicted molar refractivity (Wildman–Crippen MR) is 68.4 cm³/mol. The molecule has 2 heterocycles. The van der Waals surface area contributed by atoms with E-state index in [0.717, 1.165) is 19.3 Å². The summed E-state index contributed by atoms with van der Waals surface area (Å²) in [4.78, 5) is 28.7. The third-order valence-corrected chi connectivity index (χ3v) is 3.50. The fourth-order valence-corrected chi connectivity index (χ4v) is 2.53. The van der Waals surface area contributed by atoms with Gasteiger partial charge in [-0.15, -0.1) is 0 Å². The van der Waals surface area contributed by atoms with Gasteiger partial charge in [0.1, 0.15) is 0 Å². The van der Waals surface area contributed by atoms with Gasteiger partial charge in [-0.3, -0.25) is 9.59 Å². The number of nitrogens with zero attached hydrogens (tertiary/aromatic N) is 3. The van der Waals surface area contributed by atoms with Gasteiger partial charge in [0.15, 0.2) is 0 Å². The average molecular weight is 265 g/mol. The van der Waals surface area contributed by atoms with Crippen molar-refractivity contribution in [3.63, 3.8) is 0 Å². The summed E-state index contributed by atoms with van der Waals surface area (Å²) in [5.41, 5.74) is 0. The van der Waals surface area contributed by atoms with Gasteiger partial charge in [0.2, 0.25) is 5.91 Å². The van der Waals surface area contributed by atoms with E-state index in [4.69, 9.17) is 5.11 Å². The van der Waals surface area contributed by atoms with Crippen molar-refractivity contribution in [2.75, 3.05) is 6.54 Å². The van der Waals surface area contributed by atoms with Crippen molar-refractivity contribution >= 4 is 11.9 Å². The number of aromatic nitrogens is 2. The first-order valence-electron chi connectivity index (χ1n) is 6.64. The number of imidazole rings is 1. The van der Waals surface area contributed by atoms with E-state index in [2.05, 4.69) is 4.98 Å². The van der Waals surface area contributed by atoms with Crippen molar-refractivity contribution in [2.24, 2.45) is 0 Å². The summed E-state index contributed by atoms with van der Waals surface area (Å²) >= 11 is 0. The van der Waals surface area contributed by atoms with Gasteiger partial charge in [0.05, 0.1) is 12.7 Å². The number of carboxylic acids is 1. The number of carbonyl (C=O) groups excluding carboxylic acids is 1. The Morgan fingerprint density at radius 3 is 2.89 bits per heavy atom. The Bertz CT molecular complexity index is 430. The Morgan fingerprint density at radius 1 is 1.37 bits per heavy atom. The molecule has 104 valence electrons. The van der Waals surface area contributed by atoms with Crippen LogP contribution in [-0.4, -0.2) is 44.0 Å². The highest BCUT2D eigenvalue weighted by molar-refractivity contribution is 5.77. The van der Waals surface area contributed by atoms with E-state index in [9.17, 15) is 9.59 Å². The molecule has 0 bridgehead atoms.